The molecule has 0 aromatic carbocycles. The molecule has 0 aliphatic heterocycles. The lowest BCUT2D eigenvalue weighted by molar-refractivity contribution is 0.628. The standard InChI is InChI=1S/C14H22N4OS/c1-10(20(4)19)5-6-15-8-12-7-13-11(2)17-18(3)14(13)16-9-12/h7,9-10,15H,5-6,8H2,1-4H3. The molecular weight excluding hydrogens is 272 g/mol. The van der Waals surface area contributed by atoms with Gasteiger partial charge in [0, 0.05) is 47.5 Å². The molecule has 0 spiro atoms. The summed E-state index contributed by atoms with van der Waals surface area (Å²) in [6.45, 7) is 5.66. The minimum atomic E-state index is -0.741. The highest BCUT2D eigenvalue weighted by Crippen LogP contribution is 2.16. The van der Waals surface area contributed by atoms with Gasteiger partial charge in [-0.1, -0.05) is 6.92 Å². The van der Waals surface area contributed by atoms with E-state index in [0.717, 1.165) is 41.8 Å². The van der Waals surface area contributed by atoms with E-state index in [1.807, 2.05) is 27.1 Å². The lowest BCUT2D eigenvalue weighted by Gasteiger charge is -2.09. The molecule has 0 amide bonds. The van der Waals surface area contributed by atoms with E-state index in [0.29, 0.717) is 0 Å². The molecule has 5 nitrogen and oxygen atoms in total. The molecule has 1 N–H and O–H groups in total. The molecule has 110 valence electrons. The molecule has 2 atom stereocenters. The average molecular weight is 294 g/mol. The molecule has 2 unspecified atom stereocenters. The van der Waals surface area contributed by atoms with Gasteiger partial charge in [0.2, 0.25) is 0 Å². The lowest BCUT2D eigenvalue weighted by Crippen LogP contribution is -2.21. The van der Waals surface area contributed by atoms with E-state index >= 15 is 0 Å². The molecule has 0 radical (unpaired) electrons. The monoisotopic (exact) mass is 294 g/mol. The zero-order valence-corrected chi connectivity index (χ0v) is 13.3. The number of pyridine rings is 1. The summed E-state index contributed by atoms with van der Waals surface area (Å²) in [5.41, 5.74) is 3.08. The number of nitrogens with zero attached hydrogens (tertiary/aromatic N) is 3. The minimum Gasteiger partial charge on any atom is -0.313 e. The molecule has 2 aromatic heterocycles. The van der Waals surface area contributed by atoms with Crippen LogP contribution in [0.15, 0.2) is 12.3 Å². The van der Waals surface area contributed by atoms with Crippen LogP contribution in [0.25, 0.3) is 11.0 Å². The van der Waals surface area contributed by atoms with E-state index in [9.17, 15) is 4.21 Å². The van der Waals surface area contributed by atoms with E-state index in [1.54, 1.807) is 10.9 Å². The number of hydrogen-bond acceptors (Lipinski definition) is 4. The summed E-state index contributed by atoms with van der Waals surface area (Å²) >= 11 is 0. The summed E-state index contributed by atoms with van der Waals surface area (Å²) in [4.78, 5) is 4.46. The molecule has 0 bridgehead atoms. The fourth-order valence-electron chi connectivity index (χ4n) is 2.15. The van der Waals surface area contributed by atoms with Crippen LogP contribution < -0.4 is 5.32 Å². The Hall–Kier alpha value is -1.27. The number of rotatable bonds is 6. The predicted molar refractivity (Wildman–Crippen MR) is 83.1 cm³/mol. The molecule has 0 fully saturated rings. The second-order valence-corrected chi connectivity index (χ2v) is 7.00. The zero-order chi connectivity index (χ0) is 14.7. The summed E-state index contributed by atoms with van der Waals surface area (Å²) in [5.74, 6) is 0. The third-order valence-electron chi connectivity index (χ3n) is 3.54. The first-order valence-corrected chi connectivity index (χ1v) is 8.42. The van der Waals surface area contributed by atoms with Crippen LogP contribution in [0.3, 0.4) is 0 Å². The van der Waals surface area contributed by atoms with Crippen LogP contribution in [-0.4, -0.2) is 37.0 Å². The van der Waals surface area contributed by atoms with E-state index in [-0.39, 0.29) is 5.25 Å². The first kappa shape index (κ1) is 15.1. The second kappa shape index (κ2) is 6.45. The molecule has 2 rings (SSSR count). The number of nitrogens with one attached hydrogen (secondary N) is 1. The highest BCUT2D eigenvalue weighted by molar-refractivity contribution is 7.84. The third kappa shape index (κ3) is 3.43. The van der Waals surface area contributed by atoms with Crippen molar-refractivity contribution in [3.63, 3.8) is 0 Å². The quantitative estimate of drug-likeness (QED) is 0.821. The zero-order valence-electron chi connectivity index (χ0n) is 12.5. The molecule has 6 heteroatoms. The first-order valence-electron chi connectivity index (χ1n) is 6.80. The fourth-order valence-corrected chi connectivity index (χ4v) is 2.60. The van der Waals surface area contributed by atoms with Gasteiger partial charge in [0.1, 0.15) is 0 Å². The molecule has 0 aliphatic rings. The maximum atomic E-state index is 11.3. The van der Waals surface area contributed by atoms with Gasteiger partial charge in [0.25, 0.3) is 0 Å². The largest absolute Gasteiger partial charge is 0.313 e. The Labute approximate surface area is 122 Å². The summed E-state index contributed by atoms with van der Waals surface area (Å²) < 4.78 is 13.1. The smallest absolute Gasteiger partial charge is 0.157 e. The first-order chi connectivity index (χ1) is 9.49. The van der Waals surface area contributed by atoms with Crippen molar-refractivity contribution in [3.8, 4) is 0 Å². The maximum absolute atomic E-state index is 11.3. The Morgan fingerprint density at radius 1 is 1.50 bits per heavy atom. The van der Waals surface area contributed by atoms with Crippen molar-refractivity contribution in [3.05, 3.63) is 23.5 Å². The van der Waals surface area contributed by atoms with Crippen LogP contribution in [0.4, 0.5) is 0 Å². The van der Waals surface area contributed by atoms with Gasteiger partial charge >= 0.3 is 0 Å². The van der Waals surface area contributed by atoms with Crippen LogP contribution in [0.5, 0.6) is 0 Å². The van der Waals surface area contributed by atoms with Gasteiger partial charge in [-0.25, -0.2) is 4.98 Å². The Balaban J connectivity index is 1.94. The van der Waals surface area contributed by atoms with Crippen LogP contribution in [-0.2, 0) is 24.4 Å². The van der Waals surface area contributed by atoms with E-state index in [4.69, 9.17) is 0 Å². The van der Waals surface area contributed by atoms with Gasteiger partial charge in [0.05, 0.1) is 5.69 Å². The SMILES string of the molecule is Cc1nn(C)c2ncc(CNCCC(C)S(C)=O)cc12. The minimum absolute atomic E-state index is 0.240. The molecule has 0 saturated carbocycles. The van der Waals surface area contributed by atoms with Crippen molar-refractivity contribution >= 4 is 21.8 Å². The average Bonchev–Trinajstić information content (AvgIpc) is 2.69. The summed E-state index contributed by atoms with van der Waals surface area (Å²) in [5, 5.41) is 9.09. The molecular formula is C14H22N4OS. The topological polar surface area (TPSA) is 59.8 Å². The highest BCUT2D eigenvalue weighted by Gasteiger charge is 2.08. The number of aryl methyl sites for hydroxylation is 2. The Morgan fingerprint density at radius 2 is 2.25 bits per heavy atom. The van der Waals surface area contributed by atoms with Gasteiger partial charge in [-0.2, -0.15) is 5.10 Å². The van der Waals surface area contributed by atoms with Gasteiger partial charge < -0.3 is 5.32 Å². The maximum Gasteiger partial charge on any atom is 0.157 e. The van der Waals surface area contributed by atoms with Crippen LogP contribution in [0.2, 0.25) is 0 Å². The molecule has 0 aliphatic carbocycles. The summed E-state index contributed by atoms with van der Waals surface area (Å²) in [6.07, 6.45) is 4.57. The molecule has 2 aromatic rings. The molecule has 20 heavy (non-hydrogen) atoms. The van der Waals surface area contributed by atoms with Crippen LogP contribution >= 0.6 is 0 Å². The molecule has 0 saturated heterocycles. The van der Waals surface area contributed by atoms with Crippen molar-refractivity contribution in [2.45, 2.75) is 32.1 Å². The van der Waals surface area contributed by atoms with Crippen molar-refractivity contribution in [1.82, 2.24) is 20.1 Å². The lowest BCUT2D eigenvalue weighted by atomic mass is 10.2. The number of fused-ring (bicyclic) bond motifs is 1. The Morgan fingerprint density at radius 3 is 2.95 bits per heavy atom. The Bertz CT molecular complexity index is 623. The van der Waals surface area contributed by atoms with Crippen molar-refractivity contribution in [1.29, 1.82) is 0 Å². The molecule has 2 heterocycles. The van der Waals surface area contributed by atoms with E-state index in [1.165, 1.54) is 0 Å². The highest BCUT2D eigenvalue weighted by atomic mass is 32.2. The fraction of sp³-hybridized carbons (Fsp3) is 0.571. The van der Waals surface area contributed by atoms with Gasteiger partial charge in [0.15, 0.2) is 5.65 Å². The Kier molecular flexibility index (Phi) is 4.88. The summed E-state index contributed by atoms with van der Waals surface area (Å²) in [6, 6.07) is 2.14. The van der Waals surface area contributed by atoms with Crippen LogP contribution in [0.1, 0.15) is 24.6 Å². The number of hydrogen-bond donors (Lipinski definition) is 1. The van der Waals surface area contributed by atoms with Crippen molar-refractivity contribution < 1.29 is 4.21 Å². The third-order valence-corrected chi connectivity index (χ3v) is 4.91. The van der Waals surface area contributed by atoms with Crippen LogP contribution in [0, 0.1) is 6.92 Å². The summed E-state index contributed by atoms with van der Waals surface area (Å²) in [7, 11) is 1.17. The normalized spacial score (nSPS) is 14.6. The second-order valence-electron chi connectivity index (χ2n) is 5.20. The van der Waals surface area contributed by atoms with Gasteiger partial charge in [-0.3, -0.25) is 8.89 Å². The van der Waals surface area contributed by atoms with Crippen molar-refractivity contribution in [2.75, 3.05) is 12.8 Å². The van der Waals surface area contributed by atoms with Gasteiger partial charge in [-0.15, -0.1) is 0 Å². The predicted octanol–water partition coefficient (Wildman–Crippen LogP) is 1.52. The van der Waals surface area contributed by atoms with Crippen molar-refractivity contribution in [2.24, 2.45) is 7.05 Å². The van der Waals surface area contributed by atoms with Gasteiger partial charge in [-0.05, 0) is 31.5 Å². The number of aromatic nitrogens is 3. The van der Waals surface area contributed by atoms with E-state index < -0.39 is 10.8 Å². The van der Waals surface area contributed by atoms with E-state index in [2.05, 4.69) is 21.5 Å².